The first kappa shape index (κ1) is 10.4. The smallest absolute Gasteiger partial charge is 0.140 e. The van der Waals surface area contributed by atoms with Crippen LogP contribution in [-0.2, 0) is 23.2 Å². The van der Waals surface area contributed by atoms with Gasteiger partial charge in [0.15, 0.2) is 0 Å². The van der Waals surface area contributed by atoms with Crippen LogP contribution in [0.1, 0.15) is 43.3 Å². The highest BCUT2D eigenvalue weighted by atomic mass is 32.1. The van der Waals surface area contributed by atoms with Crippen LogP contribution in [-0.4, -0.2) is 16.6 Å². The number of nitrogens with zero attached hydrogens (tertiary/aromatic N) is 1. The molecule has 1 atom stereocenters. The van der Waals surface area contributed by atoms with Crippen LogP contribution in [0.25, 0.3) is 0 Å². The molecule has 1 aromatic rings. The first-order valence-electron chi connectivity index (χ1n) is 5.95. The fraction of sp³-hybridized carbons (Fsp3) is 0.667. The number of hydrogen-bond donors (Lipinski definition) is 1. The first-order chi connectivity index (χ1) is 7.69. The zero-order valence-electron chi connectivity index (χ0n) is 9.51. The monoisotopic (exact) mass is 236 g/mol. The highest BCUT2D eigenvalue weighted by Gasteiger charge is 2.35. The van der Waals surface area contributed by atoms with E-state index in [2.05, 4.69) is 16.9 Å². The second-order valence-corrected chi connectivity index (χ2v) is 5.27. The Bertz CT molecular complexity index is 474. The van der Waals surface area contributed by atoms with Crippen molar-refractivity contribution in [1.29, 1.82) is 0 Å². The Morgan fingerprint density at radius 1 is 1.38 bits per heavy atom. The first-order valence-corrected chi connectivity index (χ1v) is 6.36. The number of rotatable bonds is 1. The molecule has 1 aliphatic carbocycles. The average Bonchev–Trinajstić information content (AvgIpc) is 2.86. The number of hydrogen-bond acceptors (Lipinski definition) is 3. The molecule has 0 radical (unpaired) electrons. The molecular formula is C12H16N2OS. The summed E-state index contributed by atoms with van der Waals surface area (Å²) in [5.41, 5.74) is 2.29. The average molecular weight is 236 g/mol. The molecule has 0 spiro atoms. The van der Waals surface area contributed by atoms with Gasteiger partial charge in [-0.05, 0) is 39.0 Å². The van der Waals surface area contributed by atoms with E-state index in [9.17, 15) is 0 Å². The predicted molar refractivity (Wildman–Crippen MR) is 64.0 cm³/mol. The number of nitrogens with one attached hydrogen (secondary N) is 1. The van der Waals surface area contributed by atoms with E-state index in [0.717, 1.165) is 42.8 Å². The molecule has 1 saturated heterocycles. The molecule has 86 valence electrons. The van der Waals surface area contributed by atoms with E-state index in [0.29, 0.717) is 0 Å². The van der Waals surface area contributed by atoms with Gasteiger partial charge in [0.25, 0.3) is 0 Å². The number of ether oxygens (including phenoxy) is 1. The van der Waals surface area contributed by atoms with Crippen molar-refractivity contribution in [1.82, 2.24) is 9.97 Å². The Morgan fingerprint density at radius 2 is 2.25 bits per heavy atom. The van der Waals surface area contributed by atoms with Crippen LogP contribution in [0.5, 0.6) is 0 Å². The van der Waals surface area contributed by atoms with Crippen molar-refractivity contribution >= 4 is 12.2 Å². The molecule has 16 heavy (non-hydrogen) atoms. The van der Waals surface area contributed by atoms with Gasteiger partial charge in [0.1, 0.15) is 16.1 Å². The van der Waals surface area contributed by atoms with E-state index in [1.807, 2.05) is 0 Å². The minimum absolute atomic E-state index is 0.245. The fourth-order valence-electron chi connectivity index (χ4n) is 2.67. The zero-order valence-corrected chi connectivity index (χ0v) is 10.3. The third kappa shape index (κ3) is 1.52. The Labute approximate surface area is 100 Å². The molecule has 1 fully saturated rings. The van der Waals surface area contributed by atoms with Crippen LogP contribution in [0.2, 0.25) is 0 Å². The summed E-state index contributed by atoms with van der Waals surface area (Å²) in [7, 11) is 0. The van der Waals surface area contributed by atoms with Crippen molar-refractivity contribution in [3.8, 4) is 0 Å². The van der Waals surface area contributed by atoms with Crippen molar-refractivity contribution < 1.29 is 4.74 Å². The molecule has 2 aliphatic rings. The second kappa shape index (κ2) is 3.64. The van der Waals surface area contributed by atoms with Gasteiger partial charge in [-0.3, -0.25) is 0 Å². The van der Waals surface area contributed by atoms with Crippen LogP contribution >= 0.6 is 12.2 Å². The Morgan fingerprint density at radius 3 is 3.00 bits per heavy atom. The lowest BCUT2D eigenvalue weighted by Crippen LogP contribution is -2.24. The van der Waals surface area contributed by atoms with Gasteiger partial charge in [0, 0.05) is 17.9 Å². The molecule has 1 aliphatic heterocycles. The Kier molecular flexibility index (Phi) is 2.37. The maximum atomic E-state index is 5.80. The van der Waals surface area contributed by atoms with Crippen molar-refractivity contribution in [3.05, 3.63) is 21.7 Å². The third-order valence-electron chi connectivity index (χ3n) is 3.68. The van der Waals surface area contributed by atoms with Crippen molar-refractivity contribution in [2.24, 2.45) is 0 Å². The van der Waals surface area contributed by atoms with E-state index in [4.69, 9.17) is 17.0 Å². The van der Waals surface area contributed by atoms with Gasteiger partial charge < -0.3 is 9.72 Å². The highest BCUT2D eigenvalue weighted by Crippen LogP contribution is 2.34. The Hall–Kier alpha value is -0.740. The summed E-state index contributed by atoms with van der Waals surface area (Å²) in [4.78, 5) is 7.98. The number of H-pyrrole nitrogens is 1. The van der Waals surface area contributed by atoms with Crippen molar-refractivity contribution in [2.75, 3.05) is 6.61 Å². The van der Waals surface area contributed by atoms with Gasteiger partial charge in [0.2, 0.25) is 0 Å². The minimum Gasteiger partial charge on any atom is -0.367 e. The maximum absolute atomic E-state index is 5.80. The van der Waals surface area contributed by atoms with Gasteiger partial charge in [0.05, 0.1) is 0 Å². The molecule has 0 saturated carbocycles. The number of aromatic amines is 1. The largest absolute Gasteiger partial charge is 0.367 e. The fourth-order valence-corrected chi connectivity index (χ4v) is 2.99. The molecular weight excluding hydrogens is 220 g/mol. The quantitative estimate of drug-likeness (QED) is 0.762. The number of aromatic nitrogens is 2. The van der Waals surface area contributed by atoms with Crippen LogP contribution in [0.4, 0.5) is 0 Å². The van der Waals surface area contributed by atoms with Crippen LogP contribution < -0.4 is 0 Å². The number of fused-ring (bicyclic) bond motifs is 1. The topological polar surface area (TPSA) is 37.9 Å². The molecule has 4 heteroatoms. The second-order valence-electron chi connectivity index (χ2n) is 4.88. The summed E-state index contributed by atoms with van der Waals surface area (Å²) >= 11 is 5.36. The van der Waals surface area contributed by atoms with E-state index >= 15 is 0 Å². The normalized spacial score (nSPS) is 28.3. The summed E-state index contributed by atoms with van der Waals surface area (Å²) < 4.78 is 6.58. The standard InChI is InChI=1S/C12H16N2OS/c1-12(6-3-7-15-12)11-13-9-5-2-4-8(9)10(16)14-11/h2-7H2,1H3,(H,13,14,16). The van der Waals surface area contributed by atoms with Crippen LogP contribution in [0, 0.1) is 4.64 Å². The summed E-state index contributed by atoms with van der Waals surface area (Å²) in [6.45, 7) is 2.94. The van der Waals surface area contributed by atoms with Crippen molar-refractivity contribution in [3.63, 3.8) is 0 Å². The molecule has 3 nitrogen and oxygen atoms in total. The summed E-state index contributed by atoms with van der Waals surface area (Å²) in [5, 5.41) is 0. The SMILES string of the molecule is CC1(c2nc(=S)c3c([nH]2)CCC3)CCCO1. The van der Waals surface area contributed by atoms with E-state index in [1.54, 1.807) is 0 Å². The van der Waals surface area contributed by atoms with Gasteiger partial charge in [-0.15, -0.1) is 0 Å². The molecule has 1 N–H and O–H groups in total. The van der Waals surface area contributed by atoms with Crippen LogP contribution in [0.15, 0.2) is 0 Å². The van der Waals surface area contributed by atoms with Gasteiger partial charge in [-0.25, -0.2) is 4.98 Å². The van der Waals surface area contributed by atoms with Gasteiger partial charge in [-0.1, -0.05) is 12.2 Å². The van der Waals surface area contributed by atoms with Gasteiger partial charge >= 0.3 is 0 Å². The lowest BCUT2D eigenvalue weighted by atomic mass is 10.0. The van der Waals surface area contributed by atoms with E-state index in [1.165, 1.54) is 17.7 Å². The lowest BCUT2D eigenvalue weighted by molar-refractivity contribution is 0.00907. The van der Waals surface area contributed by atoms with Crippen LogP contribution in [0.3, 0.4) is 0 Å². The third-order valence-corrected chi connectivity index (χ3v) is 4.02. The van der Waals surface area contributed by atoms with E-state index < -0.39 is 0 Å². The molecule has 1 aromatic heterocycles. The molecule has 0 bridgehead atoms. The molecule has 2 heterocycles. The summed E-state index contributed by atoms with van der Waals surface area (Å²) in [6, 6.07) is 0. The predicted octanol–water partition coefficient (Wildman–Crippen LogP) is 2.65. The summed E-state index contributed by atoms with van der Waals surface area (Å²) in [6.07, 6.45) is 5.51. The maximum Gasteiger partial charge on any atom is 0.140 e. The van der Waals surface area contributed by atoms with Crippen molar-refractivity contribution in [2.45, 2.75) is 44.6 Å². The minimum atomic E-state index is -0.245. The zero-order chi connectivity index (χ0) is 11.2. The highest BCUT2D eigenvalue weighted by molar-refractivity contribution is 7.71. The molecule has 0 aromatic carbocycles. The molecule has 0 amide bonds. The molecule has 1 unspecified atom stereocenters. The lowest BCUT2D eigenvalue weighted by Gasteiger charge is -2.22. The van der Waals surface area contributed by atoms with Gasteiger partial charge in [-0.2, -0.15) is 0 Å². The van der Waals surface area contributed by atoms with E-state index in [-0.39, 0.29) is 5.60 Å². The summed E-state index contributed by atoms with van der Waals surface area (Å²) in [5.74, 6) is 0.927. The number of aryl methyl sites for hydroxylation is 1. The molecule has 3 rings (SSSR count). The Balaban J connectivity index is 2.09.